The molecular formula is C16H26N2O4. The number of carbonyl (C=O) groups excluding carboxylic acids is 4. The summed E-state index contributed by atoms with van der Waals surface area (Å²) in [6.07, 6.45) is 4.48. The molecule has 0 aromatic carbocycles. The largest absolute Gasteiger partial charge is 0.359 e. The van der Waals surface area contributed by atoms with E-state index in [0.29, 0.717) is 24.7 Å². The van der Waals surface area contributed by atoms with Crippen molar-refractivity contribution in [1.82, 2.24) is 10.6 Å². The van der Waals surface area contributed by atoms with Crippen LogP contribution in [0.5, 0.6) is 0 Å². The molecule has 0 heterocycles. The zero-order valence-electron chi connectivity index (χ0n) is 13.4. The van der Waals surface area contributed by atoms with E-state index in [4.69, 9.17) is 0 Å². The van der Waals surface area contributed by atoms with Crippen molar-refractivity contribution in [1.29, 1.82) is 0 Å². The van der Waals surface area contributed by atoms with Gasteiger partial charge in [-0.15, -0.1) is 0 Å². The van der Waals surface area contributed by atoms with Crippen molar-refractivity contribution in [3.63, 3.8) is 0 Å². The highest BCUT2D eigenvalue weighted by Crippen LogP contribution is 2.33. The molecule has 0 aromatic rings. The first-order chi connectivity index (χ1) is 10.4. The highest BCUT2D eigenvalue weighted by Gasteiger charge is 2.25. The van der Waals surface area contributed by atoms with Gasteiger partial charge in [0.1, 0.15) is 11.6 Å². The summed E-state index contributed by atoms with van der Waals surface area (Å²) in [6, 6.07) is 0. The van der Waals surface area contributed by atoms with E-state index >= 15 is 0 Å². The van der Waals surface area contributed by atoms with Crippen molar-refractivity contribution in [2.24, 2.45) is 11.8 Å². The van der Waals surface area contributed by atoms with E-state index in [1.54, 1.807) is 0 Å². The molecule has 1 aliphatic rings. The number of hydrogen-bond acceptors (Lipinski definition) is 4. The third-order valence-electron chi connectivity index (χ3n) is 4.27. The fraction of sp³-hybridized carbons (Fsp3) is 0.750. The molecule has 0 aromatic heterocycles. The number of Topliss-reactive ketones (excluding diaryl/α,β-unsaturated/α-hetero) is 2. The molecule has 22 heavy (non-hydrogen) atoms. The molecular weight excluding hydrogens is 284 g/mol. The third kappa shape index (κ3) is 6.83. The minimum absolute atomic E-state index is 0.0153. The first-order valence-electron chi connectivity index (χ1n) is 7.89. The smallest absolute Gasteiger partial charge is 0.227 e. The summed E-state index contributed by atoms with van der Waals surface area (Å²) in [5, 5.41) is 4.90. The Morgan fingerprint density at radius 2 is 1.05 bits per heavy atom. The van der Waals surface area contributed by atoms with Gasteiger partial charge >= 0.3 is 0 Å². The van der Waals surface area contributed by atoms with E-state index in [9.17, 15) is 19.2 Å². The van der Waals surface area contributed by atoms with Crippen LogP contribution in [0.15, 0.2) is 0 Å². The van der Waals surface area contributed by atoms with Crippen molar-refractivity contribution < 1.29 is 19.2 Å². The minimum Gasteiger partial charge on any atom is -0.359 e. The van der Waals surface area contributed by atoms with Gasteiger partial charge in [0.2, 0.25) is 11.8 Å². The molecule has 0 aliphatic heterocycles. The Bertz CT molecular complexity index is 386. The predicted octanol–water partition coefficient (Wildman–Crippen LogP) is 0.983. The summed E-state index contributed by atoms with van der Waals surface area (Å²) < 4.78 is 0. The Labute approximate surface area is 131 Å². The fourth-order valence-corrected chi connectivity index (χ4v) is 2.96. The van der Waals surface area contributed by atoms with Crippen LogP contribution in [0.4, 0.5) is 0 Å². The van der Waals surface area contributed by atoms with Crippen LogP contribution in [0, 0.1) is 11.8 Å². The van der Waals surface area contributed by atoms with Crippen LogP contribution in [0.2, 0.25) is 0 Å². The lowest BCUT2D eigenvalue weighted by Gasteiger charge is -2.27. The average Bonchev–Trinajstić information content (AvgIpc) is 2.48. The van der Waals surface area contributed by atoms with Crippen LogP contribution in [-0.4, -0.2) is 37.5 Å². The maximum absolute atomic E-state index is 11.7. The lowest BCUT2D eigenvalue weighted by molar-refractivity contribution is -0.130. The monoisotopic (exact) mass is 310 g/mol. The Balaban J connectivity index is 2.25. The number of hydrogen-bond donors (Lipinski definition) is 2. The Morgan fingerprint density at radius 3 is 1.32 bits per heavy atom. The molecule has 0 unspecified atom stereocenters. The van der Waals surface area contributed by atoms with Crippen molar-refractivity contribution >= 4 is 23.4 Å². The van der Waals surface area contributed by atoms with Gasteiger partial charge in [-0.2, -0.15) is 0 Å². The molecule has 1 fully saturated rings. The maximum atomic E-state index is 11.7. The lowest BCUT2D eigenvalue weighted by Crippen LogP contribution is -2.25. The highest BCUT2D eigenvalue weighted by molar-refractivity contribution is 5.98. The molecule has 0 bridgehead atoms. The number of rotatable bonds is 8. The highest BCUT2D eigenvalue weighted by atomic mass is 16.2. The van der Waals surface area contributed by atoms with Crippen molar-refractivity contribution in [2.45, 2.75) is 51.4 Å². The first-order valence-corrected chi connectivity index (χ1v) is 7.89. The molecule has 6 heteroatoms. The van der Waals surface area contributed by atoms with Gasteiger partial charge in [0.25, 0.3) is 0 Å². The quantitative estimate of drug-likeness (QED) is 0.654. The van der Waals surface area contributed by atoms with Crippen LogP contribution < -0.4 is 10.6 Å². The zero-order chi connectivity index (χ0) is 16.5. The van der Waals surface area contributed by atoms with Gasteiger partial charge in [-0.1, -0.05) is 0 Å². The summed E-state index contributed by atoms with van der Waals surface area (Å²) in [5.74, 6) is 0.138. The summed E-state index contributed by atoms with van der Waals surface area (Å²) in [4.78, 5) is 45.8. The first kappa shape index (κ1) is 18.3. The predicted molar refractivity (Wildman–Crippen MR) is 82.1 cm³/mol. The Morgan fingerprint density at radius 1 is 0.727 bits per heavy atom. The lowest BCUT2D eigenvalue weighted by atomic mass is 9.77. The number of nitrogens with one attached hydrogen (secondary N) is 2. The van der Waals surface area contributed by atoms with Gasteiger partial charge in [-0.25, -0.2) is 0 Å². The SMILES string of the molecule is CNC(=O)CC(=O)CC1CCC(CC(=O)CC(=O)NC)CC1. The molecule has 1 aliphatic carbocycles. The average molecular weight is 310 g/mol. The zero-order valence-corrected chi connectivity index (χ0v) is 13.4. The second-order valence-electron chi connectivity index (χ2n) is 6.07. The summed E-state index contributed by atoms with van der Waals surface area (Å²) in [7, 11) is 3.05. The van der Waals surface area contributed by atoms with Crippen molar-refractivity contribution in [2.75, 3.05) is 14.1 Å². The van der Waals surface area contributed by atoms with Crippen LogP contribution in [-0.2, 0) is 19.2 Å². The molecule has 0 atom stereocenters. The molecule has 0 saturated heterocycles. The van der Waals surface area contributed by atoms with Gasteiger partial charge in [0, 0.05) is 26.9 Å². The van der Waals surface area contributed by atoms with Gasteiger partial charge in [0.15, 0.2) is 0 Å². The molecule has 0 radical (unpaired) electrons. The molecule has 0 spiro atoms. The van der Waals surface area contributed by atoms with Crippen LogP contribution in [0.3, 0.4) is 0 Å². The van der Waals surface area contributed by atoms with Gasteiger partial charge in [-0.05, 0) is 37.5 Å². The number of carbonyl (C=O) groups is 4. The number of ketones is 2. The second-order valence-corrected chi connectivity index (χ2v) is 6.07. The second kappa shape index (κ2) is 9.33. The summed E-state index contributed by atoms with van der Waals surface area (Å²) >= 11 is 0. The van der Waals surface area contributed by atoms with E-state index in [1.807, 2.05) is 0 Å². The number of amides is 2. The fourth-order valence-electron chi connectivity index (χ4n) is 2.96. The molecule has 2 N–H and O–H groups in total. The summed E-state index contributed by atoms with van der Waals surface area (Å²) in [6.45, 7) is 0. The van der Waals surface area contributed by atoms with Crippen LogP contribution in [0.1, 0.15) is 51.4 Å². The van der Waals surface area contributed by atoms with E-state index in [0.717, 1.165) is 25.7 Å². The normalized spacial score (nSPS) is 21.0. The van der Waals surface area contributed by atoms with E-state index in [2.05, 4.69) is 10.6 Å². The third-order valence-corrected chi connectivity index (χ3v) is 4.27. The Kier molecular flexibility index (Phi) is 7.77. The molecule has 1 saturated carbocycles. The minimum atomic E-state index is -0.238. The van der Waals surface area contributed by atoms with Gasteiger partial charge in [0.05, 0.1) is 12.8 Å². The topological polar surface area (TPSA) is 92.3 Å². The summed E-state index contributed by atoms with van der Waals surface area (Å²) in [5.41, 5.74) is 0. The van der Waals surface area contributed by atoms with Crippen molar-refractivity contribution in [3.05, 3.63) is 0 Å². The van der Waals surface area contributed by atoms with Gasteiger partial charge < -0.3 is 10.6 Å². The van der Waals surface area contributed by atoms with E-state index in [1.165, 1.54) is 14.1 Å². The molecule has 2 amide bonds. The standard InChI is InChI=1S/C16H26N2O4/c1-17-15(21)9-13(19)7-11-3-5-12(6-4-11)8-14(20)10-16(22)18-2/h11-12H,3-10H2,1-2H3,(H,17,21)(H,18,22). The van der Waals surface area contributed by atoms with Crippen molar-refractivity contribution in [3.8, 4) is 0 Å². The maximum Gasteiger partial charge on any atom is 0.227 e. The molecule has 1 rings (SSSR count). The van der Waals surface area contributed by atoms with Gasteiger partial charge in [-0.3, -0.25) is 19.2 Å². The Hall–Kier alpha value is -1.72. The van der Waals surface area contributed by atoms with E-state index in [-0.39, 0.29) is 36.2 Å². The molecule has 6 nitrogen and oxygen atoms in total. The van der Waals surface area contributed by atoms with Crippen LogP contribution >= 0.6 is 0 Å². The molecule has 124 valence electrons. The van der Waals surface area contributed by atoms with E-state index < -0.39 is 0 Å². The van der Waals surface area contributed by atoms with Crippen LogP contribution in [0.25, 0.3) is 0 Å².